The van der Waals surface area contributed by atoms with Crippen LogP contribution >= 0.6 is 0 Å². The summed E-state index contributed by atoms with van der Waals surface area (Å²) >= 11 is 0. The van der Waals surface area contributed by atoms with Gasteiger partial charge in [-0.25, -0.2) is 0 Å². The Morgan fingerprint density at radius 1 is 1.28 bits per heavy atom. The van der Waals surface area contributed by atoms with Crippen molar-refractivity contribution >= 4 is 5.91 Å². The molecule has 1 aliphatic heterocycles. The molecule has 0 saturated carbocycles. The molecule has 1 aromatic heterocycles. The number of carbonyl (C=O) groups is 1. The normalized spacial score (nSPS) is 21.2. The van der Waals surface area contributed by atoms with Gasteiger partial charge in [-0.05, 0) is 24.6 Å². The number of aliphatic hydroxyl groups is 1. The van der Waals surface area contributed by atoms with E-state index in [4.69, 9.17) is 0 Å². The molecule has 2 aromatic rings. The number of hydrogen-bond acceptors (Lipinski definition) is 4. The van der Waals surface area contributed by atoms with Crippen molar-refractivity contribution in [3.05, 3.63) is 54.4 Å². The predicted octanol–water partition coefficient (Wildman–Crippen LogP) is 1.27. The molecule has 1 fully saturated rings. The second-order valence-electron chi connectivity index (χ2n) is 6.65. The maximum atomic E-state index is 12.3. The zero-order valence-electron chi connectivity index (χ0n) is 14.4. The van der Waals surface area contributed by atoms with Gasteiger partial charge in [-0.15, -0.1) is 0 Å². The molecule has 0 bridgehead atoms. The average molecular weight is 342 g/mol. The molecular weight excluding hydrogens is 316 g/mol. The molecule has 25 heavy (non-hydrogen) atoms. The first-order valence-electron chi connectivity index (χ1n) is 8.88. The molecule has 1 amide bonds. The van der Waals surface area contributed by atoms with Crippen LogP contribution in [0.5, 0.6) is 0 Å². The van der Waals surface area contributed by atoms with E-state index in [0.29, 0.717) is 13.0 Å². The minimum atomic E-state index is -0.00687. The number of benzene rings is 1. The van der Waals surface area contributed by atoms with Crippen molar-refractivity contribution in [2.24, 2.45) is 5.92 Å². The number of carbonyl (C=O) groups excluding carboxylic acids is 1. The lowest BCUT2D eigenvalue weighted by Crippen LogP contribution is -2.53. The summed E-state index contributed by atoms with van der Waals surface area (Å²) < 4.78 is 1.76. The van der Waals surface area contributed by atoms with E-state index in [1.807, 2.05) is 30.5 Å². The molecule has 2 heterocycles. The van der Waals surface area contributed by atoms with E-state index in [1.165, 1.54) is 5.56 Å². The van der Waals surface area contributed by atoms with Gasteiger partial charge in [0.05, 0.1) is 0 Å². The average Bonchev–Trinajstić information content (AvgIpc) is 3.15. The van der Waals surface area contributed by atoms with Crippen LogP contribution in [0.2, 0.25) is 0 Å². The van der Waals surface area contributed by atoms with Gasteiger partial charge in [0, 0.05) is 57.0 Å². The fourth-order valence-corrected chi connectivity index (χ4v) is 3.36. The van der Waals surface area contributed by atoms with Gasteiger partial charge < -0.3 is 10.4 Å². The molecule has 1 aliphatic rings. The van der Waals surface area contributed by atoms with Gasteiger partial charge >= 0.3 is 0 Å². The first-order valence-corrected chi connectivity index (χ1v) is 8.88. The van der Waals surface area contributed by atoms with Crippen LogP contribution in [0.3, 0.4) is 0 Å². The fraction of sp³-hybridized carbons (Fsp3) is 0.474. The second kappa shape index (κ2) is 8.78. The molecule has 2 atom stereocenters. The zero-order chi connectivity index (χ0) is 17.5. The first kappa shape index (κ1) is 17.6. The number of nitrogens with zero attached hydrogens (tertiary/aromatic N) is 3. The molecule has 0 radical (unpaired) electrons. The van der Waals surface area contributed by atoms with Gasteiger partial charge in [-0.1, -0.05) is 30.3 Å². The lowest BCUT2D eigenvalue weighted by molar-refractivity contribution is -0.123. The van der Waals surface area contributed by atoms with Crippen molar-refractivity contribution in [2.45, 2.75) is 32.0 Å². The number of hydrogen-bond donors (Lipinski definition) is 2. The van der Waals surface area contributed by atoms with Crippen LogP contribution in [-0.4, -0.2) is 51.4 Å². The number of nitrogens with one attached hydrogen (secondary N) is 1. The van der Waals surface area contributed by atoms with Gasteiger partial charge in [0.25, 0.3) is 0 Å². The summed E-state index contributed by atoms with van der Waals surface area (Å²) in [5.74, 6) is 0.140. The molecule has 1 saturated heterocycles. The lowest BCUT2D eigenvalue weighted by Gasteiger charge is -2.38. The fourth-order valence-electron chi connectivity index (χ4n) is 3.36. The van der Waals surface area contributed by atoms with Crippen molar-refractivity contribution in [1.29, 1.82) is 0 Å². The summed E-state index contributed by atoms with van der Waals surface area (Å²) in [5.41, 5.74) is 1.27. The van der Waals surface area contributed by atoms with Crippen LogP contribution < -0.4 is 5.32 Å². The molecular formula is C19H26N4O2. The number of amides is 1. The van der Waals surface area contributed by atoms with E-state index in [0.717, 1.165) is 26.1 Å². The molecule has 6 nitrogen and oxygen atoms in total. The predicted molar refractivity (Wildman–Crippen MR) is 95.7 cm³/mol. The summed E-state index contributed by atoms with van der Waals surface area (Å²) in [7, 11) is 0. The topological polar surface area (TPSA) is 70.4 Å². The minimum absolute atomic E-state index is 0.00687. The van der Waals surface area contributed by atoms with E-state index in [2.05, 4.69) is 27.4 Å². The third-order valence-electron chi connectivity index (χ3n) is 4.80. The van der Waals surface area contributed by atoms with Crippen LogP contribution in [0, 0.1) is 5.92 Å². The van der Waals surface area contributed by atoms with Gasteiger partial charge in [0.1, 0.15) is 0 Å². The van der Waals surface area contributed by atoms with E-state index in [9.17, 15) is 9.90 Å². The maximum Gasteiger partial charge on any atom is 0.222 e. The molecule has 0 spiro atoms. The Kier molecular flexibility index (Phi) is 6.19. The standard InChI is InChI=1S/C19H26N4O2/c24-15-17-7-11-22(13-16-5-2-1-3-6-16)14-18(17)21-19(25)8-12-23-10-4-9-20-23/h1-6,9-10,17-18,24H,7-8,11-15H2,(H,21,25). The van der Waals surface area contributed by atoms with Crippen molar-refractivity contribution < 1.29 is 9.90 Å². The Bertz CT molecular complexity index is 645. The molecule has 3 rings (SSSR count). The molecule has 2 unspecified atom stereocenters. The highest BCUT2D eigenvalue weighted by molar-refractivity contribution is 5.76. The molecule has 0 aliphatic carbocycles. The number of aliphatic hydroxyl groups excluding tert-OH is 1. The Morgan fingerprint density at radius 2 is 2.12 bits per heavy atom. The maximum absolute atomic E-state index is 12.3. The van der Waals surface area contributed by atoms with Gasteiger partial charge in [0.15, 0.2) is 0 Å². The van der Waals surface area contributed by atoms with E-state index < -0.39 is 0 Å². The number of likely N-dealkylation sites (tertiary alicyclic amines) is 1. The minimum Gasteiger partial charge on any atom is -0.396 e. The third kappa shape index (κ3) is 5.14. The highest BCUT2D eigenvalue weighted by Gasteiger charge is 2.29. The van der Waals surface area contributed by atoms with Gasteiger partial charge in [-0.2, -0.15) is 5.10 Å². The van der Waals surface area contributed by atoms with Crippen molar-refractivity contribution in [2.75, 3.05) is 19.7 Å². The van der Waals surface area contributed by atoms with Crippen LogP contribution in [0.25, 0.3) is 0 Å². The lowest BCUT2D eigenvalue weighted by atomic mass is 9.91. The number of piperidine rings is 1. The number of rotatable bonds is 7. The monoisotopic (exact) mass is 342 g/mol. The summed E-state index contributed by atoms with van der Waals surface area (Å²) in [4.78, 5) is 14.6. The quantitative estimate of drug-likeness (QED) is 0.795. The SMILES string of the molecule is O=C(CCn1cccn1)NC1CN(Cc2ccccc2)CCC1CO. The molecule has 2 N–H and O–H groups in total. The van der Waals surface area contributed by atoms with Crippen LogP contribution in [0.1, 0.15) is 18.4 Å². The summed E-state index contributed by atoms with van der Waals surface area (Å²) in [6.45, 7) is 3.28. The van der Waals surface area contributed by atoms with Crippen LogP contribution in [0.15, 0.2) is 48.8 Å². The van der Waals surface area contributed by atoms with Gasteiger partial charge in [-0.3, -0.25) is 14.4 Å². The smallest absolute Gasteiger partial charge is 0.222 e. The van der Waals surface area contributed by atoms with E-state index >= 15 is 0 Å². The Hall–Kier alpha value is -2.18. The summed E-state index contributed by atoms with van der Waals surface area (Å²) in [6, 6.07) is 12.2. The Labute approximate surface area is 148 Å². The number of aryl methyl sites for hydroxylation is 1. The molecule has 134 valence electrons. The van der Waals surface area contributed by atoms with Crippen molar-refractivity contribution in [3.8, 4) is 0 Å². The van der Waals surface area contributed by atoms with Crippen LogP contribution in [0.4, 0.5) is 0 Å². The second-order valence-corrected chi connectivity index (χ2v) is 6.65. The Morgan fingerprint density at radius 3 is 2.84 bits per heavy atom. The highest BCUT2D eigenvalue weighted by atomic mass is 16.3. The van der Waals surface area contributed by atoms with Crippen molar-refractivity contribution in [3.63, 3.8) is 0 Å². The zero-order valence-corrected chi connectivity index (χ0v) is 14.4. The van der Waals surface area contributed by atoms with Gasteiger partial charge in [0.2, 0.25) is 5.91 Å². The third-order valence-corrected chi connectivity index (χ3v) is 4.80. The van der Waals surface area contributed by atoms with E-state index in [-0.39, 0.29) is 24.5 Å². The van der Waals surface area contributed by atoms with E-state index in [1.54, 1.807) is 10.9 Å². The molecule has 6 heteroatoms. The molecule has 1 aromatic carbocycles. The first-order chi connectivity index (χ1) is 12.2. The largest absolute Gasteiger partial charge is 0.396 e. The number of aromatic nitrogens is 2. The summed E-state index contributed by atoms with van der Waals surface area (Å²) in [5, 5.41) is 16.9. The van der Waals surface area contributed by atoms with Crippen molar-refractivity contribution in [1.82, 2.24) is 20.0 Å². The Balaban J connectivity index is 1.52. The summed E-state index contributed by atoms with van der Waals surface area (Å²) in [6.07, 6.45) is 4.86. The highest BCUT2D eigenvalue weighted by Crippen LogP contribution is 2.19. The van der Waals surface area contributed by atoms with Crippen LogP contribution in [-0.2, 0) is 17.9 Å².